The van der Waals surface area contributed by atoms with Crippen LogP contribution >= 0.6 is 0 Å². The van der Waals surface area contributed by atoms with E-state index in [0.29, 0.717) is 24.4 Å². The maximum Gasteiger partial charge on any atom is 0.251 e. The molecule has 0 aliphatic carbocycles. The van der Waals surface area contributed by atoms with Crippen LogP contribution < -0.4 is 21.1 Å². The minimum Gasteiger partial charge on any atom is -0.457 e. The number of nitrogens with two attached hydrogens (primary N) is 1. The lowest BCUT2D eigenvalue weighted by Crippen LogP contribution is -2.54. The Morgan fingerprint density at radius 2 is 1.33 bits per heavy atom. The van der Waals surface area contributed by atoms with Crippen LogP contribution in [0.4, 0.5) is 0 Å². The lowest BCUT2D eigenvalue weighted by molar-refractivity contribution is -0.127. The average molecular weight is 454 g/mol. The Bertz CT molecular complexity index is 829. The number of rotatable bonds is 15. The van der Waals surface area contributed by atoms with E-state index in [1.54, 1.807) is 24.3 Å². The second kappa shape index (κ2) is 14.3. The molecule has 2 aromatic carbocycles. The molecule has 180 valence electrons. The third-order valence-electron chi connectivity index (χ3n) is 5.68. The molecular weight excluding hydrogens is 414 g/mol. The summed E-state index contributed by atoms with van der Waals surface area (Å²) in [6, 6.07) is 16.6. The fourth-order valence-corrected chi connectivity index (χ4v) is 3.57. The molecule has 0 aliphatic heterocycles. The van der Waals surface area contributed by atoms with Crippen molar-refractivity contribution in [1.29, 1.82) is 0 Å². The molecule has 2 rings (SSSR count). The number of carbonyl (C=O) groups excluding carboxylic acids is 2. The van der Waals surface area contributed by atoms with E-state index in [2.05, 4.69) is 24.5 Å². The zero-order chi connectivity index (χ0) is 23.9. The highest BCUT2D eigenvalue weighted by atomic mass is 16.5. The summed E-state index contributed by atoms with van der Waals surface area (Å²) in [4.78, 5) is 25.0. The van der Waals surface area contributed by atoms with E-state index in [-0.39, 0.29) is 11.8 Å². The van der Waals surface area contributed by atoms with E-state index >= 15 is 0 Å². The van der Waals surface area contributed by atoms with E-state index in [1.807, 2.05) is 30.3 Å². The van der Waals surface area contributed by atoms with Crippen molar-refractivity contribution >= 4 is 11.8 Å². The molecule has 0 aliphatic rings. The van der Waals surface area contributed by atoms with Gasteiger partial charge in [0.15, 0.2) is 0 Å². The van der Waals surface area contributed by atoms with Crippen molar-refractivity contribution in [3.05, 3.63) is 60.2 Å². The topological polar surface area (TPSA) is 93.5 Å². The molecule has 0 atom stereocenters. The number of hydrogen-bond acceptors (Lipinski definition) is 4. The quantitative estimate of drug-likeness (QED) is 0.324. The van der Waals surface area contributed by atoms with E-state index in [1.165, 1.54) is 0 Å². The summed E-state index contributed by atoms with van der Waals surface area (Å²) in [5, 5.41) is 5.92. The summed E-state index contributed by atoms with van der Waals surface area (Å²) in [5.74, 6) is 1.27. The molecule has 0 aromatic heterocycles. The molecule has 6 heteroatoms. The Hall–Kier alpha value is -2.86. The molecule has 33 heavy (non-hydrogen) atoms. The van der Waals surface area contributed by atoms with Crippen LogP contribution in [0.1, 0.15) is 75.6 Å². The largest absolute Gasteiger partial charge is 0.457 e. The molecule has 0 unspecified atom stereocenters. The number of hydrogen-bond donors (Lipinski definition) is 3. The first-order chi connectivity index (χ1) is 16.0. The van der Waals surface area contributed by atoms with Gasteiger partial charge < -0.3 is 21.1 Å². The van der Waals surface area contributed by atoms with Gasteiger partial charge in [0.2, 0.25) is 5.91 Å². The number of unbranched alkanes of at least 4 members (excludes halogenated alkanes) is 3. The minimum atomic E-state index is -0.767. The van der Waals surface area contributed by atoms with Crippen molar-refractivity contribution in [2.45, 2.75) is 70.8 Å². The number of carbonyl (C=O) groups is 2. The van der Waals surface area contributed by atoms with Gasteiger partial charge in [-0.25, -0.2) is 0 Å². The van der Waals surface area contributed by atoms with Crippen molar-refractivity contribution in [1.82, 2.24) is 10.6 Å². The van der Waals surface area contributed by atoms with Gasteiger partial charge in [0, 0.05) is 18.7 Å². The third kappa shape index (κ3) is 9.26. The zero-order valence-corrected chi connectivity index (χ0v) is 20.1. The van der Waals surface area contributed by atoms with Crippen LogP contribution in [0.25, 0.3) is 0 Å². The summed E-state index contributed by atoms with van der Waals surface area (Å²) in [5.41, 5.74) is 6.25. The standard InChI is InChI=1S/C27H39N3O3/c1-3-5-18-27(28,19-6-4-2)26(32)30-21-11-10-20-29-25(31)22-14-16-24(17-15-22)33-23-12-8-7-9-13-23/h7-9,12-17H,3-6,10-11,18-21,28H2,1-2H3,(H,29,31)(H,30,32). The average Bonchev–Trinajstić information content (AvgIpc) is 2.84. The third-order valence-corrected chi connectivity index (χ3v) is 5.68. The van der Waals surface area contributed by atoms with Crippen molar-refractivity contribution in [2.24, 2.45) is 5.73 Å². The van der Waals surface area contributed by atoms with E-state index in [0.717, 1.165) is 57.1 Å². The fraction of sp³-hybridized carbons (Fsp3) is 0.481. The second-order valence-electron chi connectivity index (χ2n) is 8.52. The van der Waals surface area contributed by atoms with Gasteiger partial charge in [-0.05, 0) is 62.1 Å². The van der Waals surface area contributed by atoms with Gasteiger partial charge in [-0.1, -0.05) is 57.7 Å². The zero-order valence-electron chi connectivity index (χ0n) is 20.1. The summed E-state index contributed by atoms with van der Waals surface area (Å²) >= 11 is 0. The summed E-state index contributed by atoms with van der Waals surface area (Å²) in [7, 11) is 0. The molecule has 0 saturated heterocycles. The molecule has 0 bridgehead atoms. The number of benzene rings is 2. The Balaban J connectivity index is 1.67. The monoisotopic (exact) mass is 453 g/mol. The number of amides is 2. The van der Waals surface area contributed by atoms with E-state index < -0.39 is 5.54 Å². The molecule has 2 aromatic rings. The first-order valence-electron chi connectivity index (χ1n) is 12.2. The van der Waals surface area contributed by atoms with Gasteiger partial charge in [0.25, 0.3) is 5.91 Å². The predicted octanol–water partition coefficient (Wildman–Crippen LogP) is 5.18. The molecule has 0 fully saturated rings. The van der Waals surface area contributed by atoms with Crippen molar-refractivity contribution in [2.75, 3.05) is 13.1 Å². The SMILES string of the molecule is CCCCC(N)(CCCC)C(=O)NCCCCNC(=O)c1ccc(Oc2ccccc2)cc1. The minimum absolute atomic E-state index is 0.0498. The molecule has 0 spiro atoms. The summed E-state index contributed by atoms with van der Waals surface area (Å²) < 4.78 is 5.75. The molecule has 0 radical (unpaired) electrons. The van der Waals surface area contributed by atoms with E-state index in [4.69, 9.17) is 10.5 Å². The molecule has 2 amide bonds. The Kier molecular flexibility index (Phi) is 11.5. The summed E-state index contributed by atoms with van der Waals surface area (Å²) in [6.45, 7) is 5.34. The predicted molar refractivity (Wildman–Crippen MR) is 134 cm³/mol. The lowest BCUT2D eigenvalue weighted by Gasteiger charge is -2.28. The number of para-hydroxylation sites is 1. The van der Waals surface area contributed by atoms with Crippen molar-refractivity contribution < 1.29 is 14.3 Å². The van der Waals surface area contributed by atoms with Crippen molar-refractivity contribution in [3.63, 3.8) is 0 Å². The van der Waals surface area contributed by atoms with Gasteiger partial charge in [-0.3, -0.25) is 9.59 Å². The Morgan fingerprint density at radius 1 is 0.788 bits per heavy atom. The number of ether oxygens (including phenoxy) is 1. The lowest BCUT2D eigenvalue weighted by atomic mass is 9.87. The smallest absolute Gasteiger partial charge is 0.251 e. The molecular formula is C27H39N3O3. The van der Waals surface area contributed by atoms with Gasteiger partial charge in [-0.15, -0.1) is 0 Å². The van der Waals surface area contributed by atoms with Crippen LogP contribution in [0.3, 0.4) is 0 Å². The molecule has 0 saturated carbocycles. The van der Waals surface area contributed by atoms with E-state index in [9.17, 15) is 9.59 Å². The maximum atomic E-state index is 12.6. The maximum absolute atomic E-state index is 12.6. The van der Waals surface area contributed by atoms with Crippen LogP contribution in [-0.4, -0.2) is 30.4 Å². The normalized spacial score (nSPS) is 11.1. The summed E-state index contributed by atoms with van der Waals surface area (Å²) in [6.07, 6.45) is 6.98. The highest BCUT2D eigenvalue weighted by Crippen LogP contribution is 2.21. The number of nitrogens with one attached hydrogen (secondary N) is 2. The first kappa shape index (κ1) is 26.4. The Labute approximate surface area is 198 Å². The highest BCUT2D eigenvalue weighted by Gasteiger charge is 2.32. The van der Waals surface area contributed by atoms with Crippen LogP contribution in [0, 0.1) is 0 Å². The van der Waals surface area contributed by atoms with Gasteiger partial charge in [0.1, 0.15) is 11.5 Å². The highest BCUT2D eigenvalue weighted by molar-refractivity contribution is 5.94. The van der Waals surface area contributed by atoms with Crippen LogP contribution in [0.15, 0.2) is 54.6 Å². The van der Waals surface area contributed by atoms with Gasteiger partial charge in [-0.2, -0.15) is 0 Å². The van der Waals surface area contributed by atoms with Crippen LogP contribution in [0.5, 0.6) is 11.5 Å². The Morgan fingerprint density at radius 3 is 1.91 bits per heavy atom. The van der Waals surface area contributed by atoms with Crippen LogP contribution in [-0.2, 0) is 4.79 Å². The fourth-order valence-electron chi connectivity index (χ4n) is 3.57. The van der Waals surface area contributed by atoms with Crippen molar-refractivity contribution in [3.8, 4) is 11.5 Å². The molecule has 4 N–H and O–H groups in total. The molecule has 0 heterocycles. The first-order valence-corrected chi connectivity index (χ1v) is 12.2. The van der Waals surface area contributed by atoms with Gasteiger partial charge in [0.05, 0.1) is 5.54 Å². The molecule has 6 nitrogen and oxygen atoms in total. The second-order valence-corrected chi connectivity index (χ2v) is 8.52. The van der Waals surface area contributed by atoms with Gasteiger partial charge >= 0.3 is 0 Å². The van der Waals surface area contributed by atoms with Crippen LogP contribution in [0.2, 0.25) is 0 Å².